The molecular formula is C12H17NO2S. The lowest BCUT2D eigenvalue weighted by Crippen LogP contribution is -2.05. The van der Waals surface area contributed by atoms with Crippen molar-refractivity contribution in [1.82, 2.24) is 0 Å². The molecule has 0 N–H and O–H groups in total. The first-order chi connectivity index (χ1) is 7.56. The summed E-state index contributed by atoms with van der Waals surface area (Å²) in [6, 6.07) is 8.47. The molecule has 0 spiro atoms. The van der Waals surface area contributed by atoms with Gasteiger partial charge < -0.3 is 0 Å². The van der Waals surface area contributed by atoms with Crippen LogP contribution in [0.3, 0.4) is 0 Å². The molecule has 0 bridgehead atoms. The number of sulfone groups is 1. The highest BCUT2D eigenvalue weighted by atomic mass is 32.2. The third kappa shape index (κ3) is 4.45. The van der Waals surface area contributed by atoms with Crippen molar-refractivity contribution in [3.63, 3.8) is 0 Å². The number of aryl methyl sites for hydroxylation is 1. The molecule has 0 amide bonds. The minimum Gasteiger partial charge on any atom is -0.224 e. The van der Waals surface area contributed by atoms with E-state index in [0.717, 1.165) is 5.56 Å². The number of nitriles is 1. The SMILES string of the molecule is CC.Cc1ccc(S(=O)(=O)CCC#N)cc1. The Balaban J connectivity index is 0.00000106. The molecule has 0 aromatic heterocycles. The van der Waals surface area contributed by atoms with Crippen LogP contribution in [0, 0.1) is 18.3 Å². The summed E-state index contributed by atoms with van der Waals surface area (Å²) in [4.78, 5) is 0.290. The quantitative estimate of drug-likeness (QED) is 0.814. The van der Waals surface area contributed by atoms with Crippen LogP contribution >= 0.6 is 0 Å². The molecular weight excluding hydrogens is 222 g/mol. The summed E-state index contributed by atoms with van der Waals surface area (Å²) in [6.45, 7) is 5.89. The van der Waals surface area contributed by atoms with E-state index in [1.165, 1.54) is 0 Å². The van der Waals surface area contributed by atoms with E-state index in [1.54, 1.807) is 24.3 Å². The van der Waals surface area contributed by atoms with E-state index in [2.05, 4.69) is 0 Å². The fraction of sp³-hybridized carbons (Fsp3) is 0.417. The van der Waals surface area contributed by atoms with E-state index < -0.39 is 9.84 Å². The summed E-state index contributed by atoms with van der Waals surface area (Å²) in [6.07, 6.45) is 0.0379. The second-order valence-electron chi connectivity index (χ2n) is 3.04. The van der Waals surface area contributed by atoms with E-state index in [1.807, 2.05) is 26.8 Å². The fourth-order valence-corrected chi connectivity index (χ4v) is 2.19. The lowest BCUT2D eigenvalue weighted by Gasteiger charge is -2.01. The number of benzene rings is 1. The molecule has 1 aromatic rings. The Labute approximate surface area is 97.6 Å². The first kappa shape index (κ1) is 14.7. The topological polar surface area (TPSA) is 57.9 Å². The van der Waals surface area contributed by atoms with Crippen LogP contribution in [0.5, 0.6) is 0 Å². The van der Waals surface area contributed by atoms with Crippen LogP contribution in [-0.2, 0) is 9.84 Å². The highest BCUT2D eigenvalue weighted by Crippen LogP contribution is 2.12. The van der Waals surface area contributed by atoms with Crippen molar-refractivity contribution in [2.75, 3.05) is 5.75 Å². The van der Waals surface area contributed by atoms with Gasteiger partial charge in [-0.3, -0.25) is 0 Å². The van der Waals surface area contributed by atoms with Gasteiger partial charge in [-0.05, 0) is 19.1 Å². The highest BCUT2D eigenvalue weighted by Gasteiger charge is 2.12. The van der Waals surface area contributed by atoms with Gasteiger partial charge in [0, 0.05) is 6.42 Å². The number of rotatable bonds is 3. The van der Waals surface area contributed by atoms with Crippen molar-refractivity contribution in [3.8, 4) is 6.07 Å². The lowest BCUT2D eigenvalue weighted by atomic mass is 10.2. The molecule has 1 aromatic carbocycles. The molecule has 88 valence electrons. The van der Waals surface area contributed by atoms with Gasteiger partial charge in [-0.1, -0.05) is 31.5 Å². The summed E-state index contributed by atoms with van der Waals surface area (Å²) in [5.41, 5.74) is 1.02. The summed E-state index contributed by atoms with van der Waals surface area (Å²) in [5, 5.41) is 8.31. The molecule has 0 fully saturated rings. The van der Waals surface area contributed by atoms with Gasteiger partial charge in [0.15, 0.2) is 9.84 Å². The maximum absolute atomic E-state index is 11.6. The van der Waals surface area contributed by atoms with Crippen LogP contribution < -0.4 is 0 Å². The Bertz CT molecular complexity index is 441. The number of hydrogen-bond acceptors (Lipinski definition) is 3. The normalized spacial score (nSPS) is 9.88. The zero-order valence-electron chi connectivity index (χ0n) is 9.90. The van der Waals surface area contributed by atoms with Gasteiger partial charge in [0.25, 0.3) is 0 Å². The van der Waals surface area contributed by atoms with Crippen LogP contribution in [0.2, 0.25) is 0 Å². The van der Waals surface area contributed by atoms with Crippen molar-refractivity contribution in [2.24, 2.45) is 0 Å². The molecule has 0 radical (unpaired) electrons. The van der Waals surface area contributed by atoms with Gasteiger partial charge in [0.1, 0.15) is 0 Å². The third-order valence-corrected chi connectivity index (χ3v) is 3.59. The molecule has 0 saturated carbocycles. The molecule has 16 heavy (non-hydrogen) atoms. The largest absolute Gasteiger partial charge is 0.224 e. The van der Waals surface area contributed by atoms with Gasteiger partial charge in [0.05, 0.1) is 16.7 Å². The standard InChI is InChI=1S/C10H11NO2S.C2H6/c1-9-3-5-10(6-4-9)14(12,13)8-2-7-11;1-2/h3-6H,2,8H2,1H3;1-2H3. The Morgan fingerprint density at radius 2 is 1.69 bits per heavy atom. The molecule has 0 aliphatic rings. The molecule has 0 aliphatic heterocycles. The molecule has 0 aliphatic carbocycles. The van der Waals surface area contributed by atoms with Crippen molar-refractivity contribution in [3.05, 3.63) is 29.8 Å². The first-order valence-electron chi connectivity index (χ1n) is 5.22. The molecule has 1 rings (SSSR count). The van der Waals surface area contributed by atoms with Crippen LogP contribution in [0.25, 0.3) is 0 Å². The number of hydrogen-bond donors (Lipinski definition) is 0. The van der Waals surface area contributed by atoms with Crippen molar-refractivity contribution < 1.29 is 8.42 Å². The lowest BCUT2D eigenvalue weighted by molar-refractivity contribution is 0.596. The monoisotopic (exact) mass is 239 g/mol. The predicted molar refractivity (Wildman–Crippen MR) is 64.8 cm³/mol. The van der Waals surface area contributed by atoms with Gasteiger partial charge >= 0.3 is 0 Å². The Kier molecular flexibility index (Phi) is 6.43. The zero-order valence-corrected chi connectivity index (χ0v) is 10.7. The summed E-state index contributed by atoms with van der Waals surface area (Å²) in [5.74, 6) is -0.105. The maximum atomic E-state index is 11.6. The molecule has 0 saturated heterocycles. The van der Waals surface area contributed by atoms with E-state index in [9.17, 15) is 8.42 Å². The average molecular weight is 239 g/mol. The van der Waals surface area contributed by atoms with Crippen molar-refractivity contribution in [2.45, 2.75) is 32.1 Å². The second-order valence-corrected chi connectivity index (χ2v) is 5.15. The second kappa shape index (κ2) is 7.02. The van der Waals surface area contributed by atoms with Crippen LogP contribution in [0.1, 0.15) is 25.8 Å². The molecule has 3 nitrogen and oxygen atoms in total. The highest BCUT2D eigenvalue weighted by molar-refractivity contribution is 7.91. The van der Waals surface area contributed by atoms with E-state index in [4.69, 9.17) is 5.26 Å². The smallest absolute Gasteiger partial charge is 0.179 e. The third-order valence-electron chi connectivity index (χ3n) is 1.86. The Morgan fingerprint density at radius 3 is 2.12 bits per heavy atom. The summed E-state index contributed by atoms with van der Waals surface area (Å²) >= 11 is 0. The van der Waals surface area contributed by atoms with Gasteiger partial charge in [0.2, 0.25) is 0 Å². The van der Waals surface area contributed by atoms with Gasteiger partial charge in [-0.25, -0.2) is 8.42 Å². The summed E-state index contributed by atoms with van der Waals surface area (Å²) < 4.78 is 23.1. The van der Waals surface area contributed by atoms with Crippen molar-refractivity contribution in [1.29, 1.82) is 5.26 Å². The zero-order chi connectivity index (χ0) is 12.6. The van der Waals surface area contributed by atoms with Crippen LogP contribution in [0.4, 0.5) is 0 Å². The fourth-order valence-electron chi connectivity index (χ4n) is 1.04. The minimum absolute atomic E-state index is 0.0379. The van der Waals surface area contributed by atoms with Gasteiger partial charge in [-0.15, -0.1) is 0 Å². The van der Waals surface area contributed by atoms with Crippen molar-refractivity contribution >= 4 is 9.84 Å². The van der Waals surface area contributed by atoms with E-state index in [-0.39, 0.29) is 12.2 Å². The minimum atomic E-state index is -3.26. The molecule has 0 unspecified atom stereocenters. The number of nitrogens with zero attached hydrogens (tertiary/aromatic N) is 1. The summed E-state index contributed by atoms with van der Waals surface area (Å²) in [7, 11) is -3.26. The Morgan fingerprint density at radius 1 is 1.19 bits per heavy atom. The molecule has 0 atom stereocenters. The molecule has 4 heteroatoms. The van der Waals surface area contributed by atoms with E-state index in [0.29, 0.717) is 4.90 Å². The average Bonchev–Trinajstić information content (AvgIpc) is 2.30. The first-order valence-corrected chi connectivity index (χ1v) is 6.88. The van der Waals surface area contributed by atoms with E-state index >= 15 is 0 Å². The molecule has 0 heterocycles. The predicted octanol–water partition coefficient (Wildman–Crippen LogP) is 2.71. The van der Waals surface area contributed by atoms with Gasteiger partial charge in [-0.2, -0.15) is 5.26 Å². The van der Waals surface area contributed by atoms with Crippen LogP contribution in [0.15, 0.2) is 29.2 Å². The Hall–Kier alpha value is -1.34. The maximum Gasteiger partial charge on any atom is 0.179 e. The van der Waals surface area contributed by atoms with Crippen LogP contribution in [-0.4, -0.2) is 14.2 Å².